The second-order valence-corrected chi connectivity index (χ2v) is 5.28. The van der Waals surface area contributed by atoms with E-state index in [0.717, 1.165) is 31.7 Å². The molecule has 1 heterocycles. The molecule has 1 unspecified atom stereocenters. The van der Waals surface area contributed by atoms with Crippen molar-refractivity contribution in [3.63, 3.8) is 0 Å². The van der Waals surface area contributed by atoms with Crippen LogP contribution in [0.15, 0.2) is 24.3 Å². The fourth-order valence-corrected chi connectivity index (χ4v) is 2.37. The summed E-state index contributed by atoms with van der Waals surface area (Å²) in [7, 11) is 0. The van der Waals surface area contributed by atoms with Gasteiger partial charge >= 0.3 is 0 Å². The summed E-state index contributed by atoms with van der Waals surface area (Å²) in [5.41, 5.74) is 8.08. The van der Waals surface area contributed by atoms with E-state index in [2.05, 4.69) is 17.9 Å². The molecule has 0 amide bonds. The van der Waals surface area contributed by atoms with Crippen molar-refractivity contribution in [3.05, 3.63) is 35.4 Å². The average molecular weight is 229 g/mol. The molecular weight excluding hydrogens is 210 g/mol. The van der Waals surface area contributed by atoms with Crippen LogP contribution >= 0.6 is 0 Å². The predicted molar refractivity (Wildman–Crippen MR) is 68.2 cm³/mol. The van der Waals surface area contributed by atoms with Gasteiger partial charge in [0.15, 0.2) is 0 Å². The Kier molecular flexibility index (Phi) is 3.46. The molecule has 1 aromatic rings. The van der Waals surface area contributed by atoms with Crippen LogP contribution in [0.2, 0.25) is 0 Å². The molecule has 0 spiro atoms. The zero-order valence-electron chi connectivity index (χ0n) is 10.3. The second-order valence-electron chi connectivity index (χ2n) is 5.28. The van der Waals surface area contributed by atoms with Crippen molar-refractivity contribution in [1.29, 1.82) is 5.26 Å². The van der Waals surface area contributed by atoms with Gasteiger partial charge in [0.2, 0.25) is 0 Å². The maximum Gasteiger partial charge on any atom is 0.0991 e. The first-order chi connectivity index (χ1) is 8.15. The standard InChI is InChI=1S/C14H19N3/c1-14(10-16)6-7-17(11-14)9-13-4-2-12(8-15)3-5-13/h2-5H,6-7,9-11,16H2,1H3. The largest absolute Gasteiger partial charge is 0.330 e. The predicted octanol–water partition coefficient (Wildman–Crippen LogP) is 1.73. The van der Waals surface area contributed by atoms with Crippen LogP contribution in [0.25, 0.3) is 0 Å². The van der Waals surface area contributed by atoms with Gasteiger partial charge in [0.1, 0.15) is 0 Å². The van der Waals surface area contributed by atoms with Crippen LogP contribution in [0, 0.1) is 16.7 Å². The van der Waals surface area contributed by atoms with Gasteiger partial charge < -0.3 is 5.73 Å². The van der Waals surface area contributed by atoms with Crippen molar-refractivity contribution in [2.75, 3.05) is 19.6 Å². The van der Waals surface area contributed by atoms with Gasteiger partial charge in [-0.25, -0.2) is 0 Å². The van der Waals surface area contributed by atoms with Gasteiger partial charge in [-0.15, -0.1) is 0 Å². The Bertz CT molecular complexity index is 418. The summed E-state index contributed by atoms with van der Waals surface area (Å²) in [6.07, 6.45) is 1.18. The molecule has 1 saturated heterocycles. The number of hydrogen-bond acceptors (Lipinski definition) is 3. The molecule has 3 heteroatoms. The highest BCUT2D eigenvalue weighted by Crippen LogP contribution is 2.29. The highest BCUT2D eigenvalue weighted by molar-refractivity contribution is 5.31. The van der Waals surface area contributed by atoms with E-state index in [4.69, 9.17) is 11.0 Å². The maximum absolute atomic E-state index is 8.74. The van der Waals surface area contributed by atoms with E-state index < -0.39 is 0 Å². The number of likely N-dealkylation sites (tertiary alicyclic amines) is 1. The molecule has 0 aliphatic carbocycles. The minimum atomic E-state index is 0.284. The number of hydrogen-bond donors (Lipinski definition) is 1. The summed E-state index contributed by atoms with van der Waals surface area (Å²) in [4.78, 5) is 2.44. The van der Waals surface area contributed by atoms with E-state index >= 15 is 0 Å². The van der Waals surface area contributed by atoms with Crippen molar-refractivity contribution in [2.24, 2.45) is 11.1 Å². The van der Waals surface area contributed by atoms with E-state index in [1.165, 1.54) is 12.0 Å². The maximum atomic E-state index is 8.74. The average Bonchev–Trinajstić information content (AvgIpc) is 2.73. The second kappa shape index (κ2) is 4.87. The molecular formula is C14H19N3. The van der Waals surface area contributed by atoms with Gasteiger partial charge in [-0.2, -0.15) is 5.26 Å². The number of nitriles is 1. The van der Waals surface area contributed by atoms with Crippen LogP contribution in [-0.4, -0.2) is 24.5 Å². The Balaban J connectivity index is 1.96. The third-order valence-electron chi connectivity index (χ3n) is 3.62. The van der Waals surface area contributed by atoms with Crippen LogP contribution in [0.5, 0.6) is 0 Å². The molecule has 1 aliphatic heterocycles. The van der Waals surface area contributed by atoms with Crippen LogP contribution in [0.4, 0.5) is 0 Å². The van der Waals surface area contributed by atoms with E-state index in [1.807, 2.05) is 24.3 Å². The molecule has 0 saturated carbocycles. The molecule has 3 nitrogen and oxygen atoms in total. The van der Waals surface area contributed by atoms with Crippen molar-refractivity contribution in [3.8, 4) is 6.07 Å². The smallest absolute Gasteiger partial charge is 0.0991 e. The minimum absolute atomic E-state index is 0.284. The van der Waals surface area contributed by atoms with E-state index in [-0.39, 0.29) is 5.41 Å². The summed E-state index contributed by atoms with van der Waals surface area (Å²) >= 11 is 0. The Morgan fingerprint density at radius 1 is 1.41 bits per heavy atom. The van der Waals surface area contributed by atoms with Crippen LogP contribution < -0.4 is 5.73 Å². The van der Waals surface area contributed by atoms with E-state index in [9.17, 15) is 0 Å². The first-order valence-corrected chi connectivity index (χ1v) is 6.07. The summed E-state index contributed by atoms with van der Waals surface area (Å²) in [6.45, 7) is 6.17. The van der Waals surface area contributed by atoms with E-state index in [0.29, 0.717) is 0 Å². The molecule has 0 radical (unpaired) electrons. The van der Waals surface area contributed by atoms with Gasteiger partial charge in [-0.05, 0) is 42.6 Å². The summed E-state index contributed by atoms with van der Waals surface area (Å²) in [6, 6.07) is 9.98. The molecule has 90 valence electrons. The summed E-state index contributed by atoms with van der Waals surface area (Å²) in [5, 5.41) is 8.74. The minimum Gasteiger partial charge on any atom is -0.330 e. The van der Waals surface area contributed by atoms with Crippen molar-refractivity contribution < 1.29 is 0 Å². The summed E-state index contributed by atoms with van der Waals surface area (Å²) in [5.74, 6) is 0. The molecule has 2 rings (SSSR count). The fraction of sp³-hybridized carbons (Fsp3) is 0.500. The van der Waals surface area contributed by atoms with Crippen LogP contribution in [-0.2, 0) is 6.54 Å². The van der Waals surface area contributed by atoms with Crippen molar-refractivity contribution in [2.45, 2.75) is 19.9 Å². The molecule has 17 heavy (non-hydrogen) atoms. The SMILES string of the molecule is CC1(CN)CCN(Cc2ccc(C#N)cc2)C1. The van der Waals surface area contributed by atoms with Gasteiger partial charge in [-0.1, -0.05) is 19.1 Å². The lowest BCUT2D eigenvalue weighted by Gasteiger charge is -2.22. The number of rotatable bonds is 3. The first kappa shape index (κ1) is 12.1. The molecule has 0 aromatic heterocycles. The molecule has 1 fully saturated rings. The topological polar surface area (TPSA) is 53.0 Å². The lowest BCUT2D eigenvalue weighted by Crippen LogP contribution is -2.31. The molecule has 1 aliphatic rings. The Labute approximate surface area is 103 Å². The third-order valence-corrected chi connectivity index (χ3v) is 3.62. The fourth-order valence-electron chi connectivity index (χ4n) is 2.37. The quantitative estimate of drug-likeness (QED) is 0.858. The molecule has 1 aromatic carbocycles. The molecule has 0 bridgehead atoms. The normalized spacial score (nSPS) is 24.8. The van der Waals surface area contributed by atoms with Crippen molar-refractivity contribution in [1.82, 2.24) is 4.90 Å². The highest BCUT2D eigenvalue weighted by atomic mass is 15.2. The Hall–Kier alpha value is -1.37. The van der Waals surface area contributed by atoms with Gasteiger partial charge in [0.25, 0.3) is 0 Å². The number of nitrogens with two attached hydrogens (primary N) is 1. The van der Waals surface area contributed by atoms with Gasteiger partial charge in [-0.3, -0.25) is 4.90 Å². The zero-order valence-corrected chi connectivity index (χ0v) is 10.3. The summed E-state index contributed by atoms with van der Waals surface area (Å²) < 4.78 is 0. The number of benzene rings is 1. The Morgan fingerprint density at radius 2 is 2.12 bits per heavy atom. The monoisotopic (exact) mass is 229 g/mol. The van der Waals surface area contributed by atoms with E-state index in [1.54, 1.807) is 0 Å². The third kappa shape index (κ3) is 2.85. The van der Waals surface area contributed by atoms with Crippen LogP contribution in [0.3, 0.4) is 0 Å². The van der Waals surface area contributed by atoms with Gasteiger partial charge in [0.05, 0.1) is 11.6 Å². The van der Waals surface area contributed by atoms with Gasteiger partial charge in [0, 0.05) is 13.1 Å². The lowest BCUT2D eigenvalue weighted by molar-refractivity contribution is 0.274. The lowest BCUT2D eigenvalue weighted by atomic mass is 9.90. The zero-order chi connectivity index (χ0) is 12.3. The number of nitrogens with zero attached hydrogens (tertiary/aromatic N) is 2. The first-order valence-electron chi connectivity index (χ1n) is 6.07. The van der Waals surface area contributed by atoms with Crippen molar-refractivity contribution >= 4 is 0 Å². The Morgan fingerprint density at radius 3 is 2.65 bits per heavy atom. The molecule has 1 atom stereocenters. The molecule has 2 N–H and O–H groups in total. The highest BCUT2D eigenvalue weighted by Gasteiger charge is 2.32. The van der Waals surface area contributed by atoms with Crippen LogP contribution in [0.1, 0.15) is 24.5 Å².